The van der Waals surface area contributed by atoms with Gasteiger partial charge in [0.1, 0.15) is 5.82 Å². The fourth-order valence-corrected chi connectivity index (χ4v) is 2.11. The third kappa shape index (κ3) is 2.31. The van der Waals surface area contributed by atoms with Crippen molar-refractivity contribution in [2.45, 2.75) is 44.5 Å². The summed E-state index contributed by atoms with van der Waals surface area (Å²) < 4.78 is 64.6. The monoisotopic (exact) mass is 284 g/mol. The Morgan fingerprint density at radius 3 is 2.53 bits per heavy atom. The van der Waals surface area contributed by atoms with Crippen LogP contribution in [0.5, 0.6) is 0 Å². The predicted molar refractivity (Wildman–Crippen MR) is 55.6 cm³/mol. The first-order valence-corrected chi connectivity index (χ1v) is 5.90. The predicted octanol–water partition coefficient (Wildman–Crippen LogP) is 2.38. The van der Waals surface area contributed by atoms with Crippen LogP contribution in [0.25, 0.3) is 0 Å². The van der Waals surface area contributed by atoms with Crippen molar-refractivity contribution in [3.63, 3.8) is 0 Å². The van der Waals surface area contributed by atoms with Crippen LogP contribution < -0.4 is 5.32 Å². The number of fused-ring (bicyclic) bond motifs is 1. The van der Waals surface area contributed by atoms with Gasteiger partial charge in [-0.05, 0) is 6.42 Å². The fraction of sp³-hybridized carbons (Fsp3) is 0.800. The minimum absolute atomic E-state index is 0.00352. The van der Waals surface area contributed by atoms with Gasteiger partial charge in [0.05, 0.1) is 6.04 Å². The maximum Gasteiger partial charge on any atom is 0.461 e. The van der Waals surface area contributed by atoms with Gasteiger partial charge in [-0.2, -0.15) is 22.0 Å². The zero-order chi connectivity index (χ0) is 14.3. The number of nitrogens with zero attached hydrogens (tertiary/aromatic N) is 3. The Morgan fingerprint density at radius 1 is 1.26 bits per heavy atom. The SMILES string of the molecule is CCCC1NCCn2c1nnc2C(F)(F)C(F)(F)F. The number of nitrogens with one attached hydrogen (secondary N) is 1. The maximum atomic E-state index is 13.3. The van der Waals surface area contributed by atoms with Crippen molar-refractivity contribution in [2.75, 3.05) is 6.54 Å². The molecule has 0 amide bonds. The van der Waals surface area contributed by atoms with Crippen molar-refractivity contribution in [3.05, 3.63) is 11.6 Å². The van der Waals surface area contributed by atoms with E-state index < -0.39 is 17.9 Å². The highest BCUT2D eigenvalue weighted by Crippen LogP contribution is 2.43. The van der Waals surface area contributed by atoms with Crippen LogP contribution in [-0.2, 0) is 12.5 Å². The van der Waals surface area contributed by atoms with Crippen molar-refractivity contribution in [1.29, 1.82) is 0 Å². The van der Waals surface area contributed by atoms with Gasteiger partial charge < -0.3 is 9.88 Å². The Labute approximate surface area is 106 Å². The summed E-state index contributed by atoms with van der Waals surface area (Å²) in [6, 6.07) is -0.330. The highest BCUT2D eigenvalue weighted by atomic mass is 19.4. The highest BCUT2D eigenvalue weighted by molar-refractivity contribution is 5.10. The Balaban J connectivity index is 2.41. The molecule has 9 heteroatoms. The fourth-order valence-electron chi connectivity index (χ4n) is 2.11. The number of halogens is 5. The molecule has 1 atom stereocenters. The third-order valence-electron chi connectivity index (χ3n) is 3.03. The number of hydrogen-bond donors (Lipinski definition) is 1. The van der Waals surface area contributed by atoms with E-state index in [0.717, 1.165) is 11.0 Å². The number of alkyl halides is 5. The molecule has 0 saturated heterocycles. The van der Waals surface area contributed by atoms with E-state index in [0.29, 0.717) is 13.0 Å². The van der Waals surface area contributed by atoms with Crippen LogP contribution in [0.4, 0.5) is 22.0 Å². The summed E-state index contributed by atoms with van der Waals surface area (Å²) in [5.74, 6) is -6.16. The summed E-state index contributed by atoms with van der Waals surface area (Å²) in [7, 11) is 0. The summed E-state index contributed by atoms with van der Waals surface area (Å²) in [5, 5.41) is 9.61. The van der Waals surface area contributed by atoms with Gasteiger partial charge in [0.25, 0.3) is 0 Å². The quantitative estimate of drug-likeness (QED) is 0.867. The molecule has 1 aromatic heterocycles. The number of hydrogen-bond acceptors (Lipinski definition) is 3. The molecule has 0 saturated carbocycles. The van der Waals surface area contributed by atoms with Gasteiger partial charge in [-0.15, -0.1) is 10.2 Å². The molecule has 19 heavy (non-hydrogen) atoms. The number of rotatable bonds is 3. The Morgan fingerprint density at radius 2 is 1.95 bits per heavy atom. The average molecular weight is 284 g/mol. The molecule has 2 heterocycles. The molecule has 108 valence electrons. The minimum Gasteiger partial charge on any atom is -0.307 e. The molecule has 1 aliphatic heterocycles. The van der Waals surface area contributed by atoms with Crippen LogP contribution in [0.2, 0.25) is 0 Å². The van der Waals surface area contributed by atoms with E-state index in [4.69, 9.17) is 0 Å². The van der Waals surface area contributed by atoms with Crippen LogP contribution in [0.15, 0.2) is 0 Å². The number of aromatic nitrogens is 3. The first-order chi connectivity index (χ1) is 8.79. The van der Waals surface area contributed by atoms with Crippen molar-refractivity contribution in [1.82, 2.24) is 20.1 Å². The van der Waals surface area contributed by atoms with E-state index in [1.54, 1.807) is 0 Å². The summed E-state index contributed by atoms with van der Waals surface area (Å²) in [4.78, 5) is 0. The van der Waals surface area contributed by atoms with E-state index in [9.17, 15) is 22.0 Å². The van der Waals surface area contributed by atoms with Crippen LogP contribution >= 0.6 is 0 Å². The second kappa shape index (κ2) is 4.69. The van der Waals surface area contributed by atoms with E-state index in [-0.39, 0.29) is 18.4 Å². The normalized spacial score (nSPS) is 20.4. The molecule has 1 aromatic rings. The second-order valence-electron chi connectivity index (χ2n) is 4.40. The highest BCUT2D eigenvalue weighted by Gasteiger charge is 2.62. The molecule has 0 radical (unpaired) electrons. The largest absolute Gasteiger partial charge is 0.461 e. The summed E-state index contributed by atoms with van der Waals surface area (Å²) in [6.07, 6.45) is -4.30. The van der Waals surface area contributed by atoms with E-state index >= 15 is 0 Å². The minimum atomic E-state index is -5.66. The van der Waals surface area contributed by atoms with Gasteiger partial charge in [-0.1, -0.05) is 13.3 Å². The van der Waals surface area contributed by atoms with Gasteiger partial charge >= 0.3 is 12.1 Å². The van der Waals surface area contributed by atoms with E-state index in [1.807, 2.05) is 6.92 Å². The Hall–Kier alpha value is -1.25. The summed E-state index contributed by atoms with van der Waals surface area (Å²) in [5.41, 5.74) is 0. The van der Waals surface area contributed by atoms with E-state index in [1.165, 1.54) is 0 Å². The second-order valence-corrected chi connectivity index (χ2v) is 4.40. The molecule has 0 spiro atoms. The molecule has 1 N–H and O–H groups in total. The Bertz CT molecular complexity index is 453. The molecule has 0 aromatic carbocycles. The van der Waals surface area contributed by atoms with E-state index in [2.05, 4.69) is 15.5 Å². The standard InChI is InChI=1S/C10H13F5N4/c1-2-3-6-7-17-18-8(19(7)5-4-16-6)9(11,12)10(13,14)15/h6,16H,2-5H2,1H3. The van der Waals surface area contributed by atoms with Crippen LogP contribution in [-0.4, -0.2) is 27.5 Å². The third-order valence-corrected chi connectivity index (χ3v) is 3.03. The molecule has 2 rings (SSSR count). The first kappa shape index (κ1) is 14.2. The van der Waals surface area contributed by atoms with Crippen molar-refractivity contribution < 1.29 is 22.0 Å². The van der Waals surface area contributed by atoms with Gasteiger partial charge in [-0.3, -0.25) is 0 Å². The van der Waals surface area contributed by atoms with Gasteiger partial charge in [0.2, 0.25) is 5.82 Å². The van der Waals surface area contributed by atoms with Crippen LogP contribution in [0, 0.1) is 0 Å². The van der Waals surface area contributed by atoms with Gasteiger partial charge in [0.15, 0.2) is 0 Å². The lowest BCUT2D eigenvalue weighted by Gasteiger charge is -2.26. The molecule has 0 aliphatic carbocycles. The van der Waals surface area contributed by atoms with Gasteiger partial charge in [0, 0.05) is 13.1 Å². The summed E-state index contributed by atoms with van der Waals surface area (Å²) in [6.45, 7) is 2.21. The summed E-state index contributed by atoms with van der Waals surface area (Å²) >= 11 is 0. The maximum absolute atomic E-state index is 13.3. The zero-order valence-corrected chi connectivity index (χ0v) is 10.1. The molecule has 0 fully saturated rings. The van der Waals surface area contributed by atoms with Crippen molar-refractivity contribution in [2.24, 2.45) is 0 Å². The molecule has 1 unspecified atom stereocenters. The molecular weight excluding hydrogens is 271 g/mol. The molecule has 4 nitrogen and oxygen atoms in total. The van der Waals surface area contributed by atoms with Crippen molar-refractivity contribution in [3.8, 4) is 0 Å². The Kier molecular flexibility index (Phi) is 3.50. The molecule has 1 aliphatic rings. The van der Waals surface area contributed by atoms with Crippen molar-refractivity contribution >= 4 is 0 Å². The first-order valence-electron chi connectivity index (χ1n) is 5.90. The smallest absolute Gasteiger partial charge is 0.307 e. The van der Waals surface area contributed by atoms with Crippen LogP contribution in [0.1, 0.15) is 37.5 Å². The lowest BCUT2D eigenvalue weighted by Crippen LogP contribution is -2.40. The lowest BCUT2D eigenvalue weighted by atomic mass is 10.1. The molecule has 0 bridgehead atoms. The van der Waals surface area contributed by atoms with Crippen LogP contribution in [0.3, 0.4) is 0 Å². The lowest BCUT2D eigenvalue weighted by molar-refractivity contribution is -0.293. The molecular formula is C10H13F5N4. The average Bonchev–Trinajstić information content (AvgIpc) is 2.73. The zero-order valence-electron chi connectivity index (χ0n) is 10.1. The van der Waals surface area contributed by atoms with Gasteiger partial charge in [-0.25, -0.2) is 0 Å². The topological polar surface area (TPSA) is 42.7 Å².